The van der Waals surface area contributed by atoms with Gasteiger partial charge in [-0.05, 0) is 53.4 Å². The number of rotatable bonds is 7. The Balaban J connectivity index is 1.28. The number of nitrogens with one attached hydrogen (secondary N) is 1. The summed E-state index contributed by atoms with van der Waals surface area (Å²) >= 11 is 0. The van der Waals surface area contributed by atoms with Gasteiger partial charge in [-0.25, -0.2) is 4.98 Å². The zero-order chi connectivity index (χ0) is 30.0. The van der Waals surface area contributed by atoms with E-state index in [0.717, 1.165) is 33.5 Å². The lowest BCUT2D eigenvalue weighted by Gasteiger charge is -2.27. The van der Waals surface area contributed by atoms with Gasteiger partial charge in [-0.1, -0.05) is 72.8 Å². The average molecular weight is 580 g/mol. The van der Waals surface area contributed by atoms with Crippen LogP contribution in [0.25, 0.3) is 16.5 Å². The summed E-state index contributed by atoms with van der Waals surface area (Å²) in [5.74, 6) is 0.827. The Morgan fingerprint density at radius 1 is 0.818 bits per heavy atom. The van der Waals surface area contributed by atoms with Gasteiger partial charge >= 0.3 is 0 Å². The summed E-state index contributed by atoms with van der Waals surface area (Å²) in [5.41, 5.74) is 4.81. The van der Waals surface area contributed by atoms with Crippen LogP contribution in [-0.2, 0) is 16.1 Å². The lowest BCUT2D eigenvalue weighted by Crippen LogP contribution is -2.26. The van der Waals surface area contributed by atoms with Crippen LogP contribution in [0, 0.1) is 0 Å². The third-order valence-electron chi connectivity index (χ3n) is 7.78. The Hall–Kier alpha value is -5.89. The van der Waals surface area contributed by atoms with Crippen LogP contribution in [0.2, 0.25) is 0 Å². The van der Waals surface area contributed by atoms with E-state index >= 15 is 0 Å². The van der Waals surface area contributed by atoms with Crippen molar-refractivity contribution in [1.29, 1.82) is 0 Å². The quantitative estimate of drug-likeness (QED) is 0.200. The fraction of sp³-hybridized carbons (Fsp3) is 0.0833. The standard InChI is InChI=1S/C36H29N5O3/c1-44-32-14-8-7-13-30(32)40(24-25-9-3-2-4-10-25)36-37-21-22-39(36)27-16-18-28(19-17-27)41-31-20-15-26-11-5-6-12-29(26)35(31)38-33(42)23-34(41)43/h2-22H,23-24H2,1H3,(H,38,42). The maximum Gasteiger partial charge on any atom is 0.241 e. The summed E-state index contributed by atoms with van der Waals surface area (Å²) < 4.78 is 7.74. The van der Waals surface area contributed by atoms with E-state index < -0.39 is 0 Å². The molecule has 0 bridgehead atoms. The largest absolute Gasteiger partial charge is 0.495 e. The summed E-state index contributed by atoms with van der Waals surface area (Å²) in [4.78, 5) is 34.6. The van der Waals surface area contributed by atoms with Gasteiger partial charge < -0.3 is 15.0 Å². The summed E-state index contributed by atoms with van der Waals surface area (Å²) in [5, 5.41) is 4.83. The van der Waals surface area contributed by atoms with Crippen LogP contribution in [0.5, 0.6) is 5.75 Å². The molecule has 216 valence electrons. The minimum absolute atomic E-state index is 0.246. The number of amides is 2. The Kier molecular flexibility index (Phi) is 7.00. The maximum atomic E-state index is 13.4. The third-order valence-corrected chi connectivity index (χ3v) is 7.78. The van der Waals surface area contributed by atoms with E-state index in [1.54, 1.807) is 18.2 Å². The van der Waals surface area contributed by atoms with Crippen LogP contribution in [0.3, 0.4) is 0 Å². The molecule has 0 unspecified atom stereocenters. The molecule has 6 aromatic rings. The van der Waals surface area contributed by atoms with Crippen molar-refractivity contribution in [2.45, 2.75) is 13.0 Å². The fourth-order valence-corrected chi connectivity index (χ4v) is 5.74. The first kappa shape index (κ1) is 27.0. The van der Waals surface area contributed by atoms with Gasteiger partial charge in [0.15, 0.2) is 0 Å². The molecule has 0 radical (unpaired) electrons. The number of hydrogen-bond donors (Lipinski definition) is 1. The molecule has 1 N–H and O–H groups in total. The summed E-state index contributed by atoms with van der Waals surface area (Å²) in [6.07, 6.45) is 3.44. The molecule has 0 fully saturated rings. The molecule has 7 rings (SSSR count). The minimum Gasteiger partial charge on any atom is -0.495 e. The van der Waals surface area contributed by atoms with Gasteiger partial charge in [0.05, 0.1) is 30.7 Å². The predicted molar refractivity (Wildman–Crippen MR) is 173 cm³/mol. The summed E-state index contributed by atoms with van der Waals surface area (Å²) in [6, 6.07) is 37.5. The number of aromatic nitrogens is 2. The Morgan fingerprint density at radius 2 is 1.55 bits per heavy atom. The zero-order valence-corrected chi connectivity index (χ0v) is 24.1. The molecule has 2 heterocycles. The van der Waals surface area contributed by atoms with E-state index in [2.05, 4.69) is 22.3 Å². The van der Waals surface area contributed by atoms with Crippen molar-refractivity contribution < 1.29 is 14.3 Å². The smallest absolute Gasteiger partial charge is 0.241 e. The third kappa shape index (κ3) is 4.92. The molecule has 0 aliphatic carbocycles. The monoisotopic (exact) mass is 579 g/mol. The molecule has 0 saturated carbocycles. The normalized spacial score (nSPS) is 12.9. The first-order chi connectivity index (χ1) is 21.6. The lowest BCUT2D eigenvalue weighted by atomic mass is 10.1. The van der Waals surface area contributed by atoms with Crippen LogP contribution in [0.1, 0.15) is 12.0 Å². The molecule has 5 aromatic carbocycles. The van der Waals surface area contributed by atoms with Crippen LogP contribution >= 0.6 is 0 Å². The van der Waals surface area contributed by atoms with Crippen molar-refractivity contribution >= 4 is 51.3 Å². The predicted octanol–water partition coefficient (Wildman–Crippen LogP) is 7.38. The molecule has 1 aliphatic heterocycles. The number of methoxy groups -OCH3 is 1. The summed E-state index contributed by atoms with van der Waals surface area (Å²) in [7, 11) is 1.67. The van der Waals surface area contributed by atoms with Crippen LogP contribution in [-0.4, -0.2) is 28.5 Å². The van der Waals surface area contributed by atoms with Gasteiger partial charge in [0.1, 0.15) is 12.2 Å². The molecule has 44 heavy (non-hydrogen) atoms. The number of anilines is 5. The van der Waals surface area contributed by atoms with E-state index in [0.29, 0.717) is 29.6 Å². The second kappa shape index (κ2) is 11.4. The lowest BCUT2D eigenvalue weighted by molar-refractivity contribution is -0.124. The highest BCUT2D eigenvalue weighted by Gasteiger charge is 2.29. The number of benzene rings is 5. The molecule has 8 heteroatoms. The second-order valence-electron chi connectivity index (χ2n) is 10.5. The van der Waals surface area contributed by atoms with Crippen molar-refractivity contribution in [2.75, 3.05) is 22.2 Å². The number of hydrogen-bond acceptors (Lipinski definition) is 5. The highest BCUT2D eigenvalue weighted by molar-refractivity contribution is 6.21. The van der Waals surface area contributed by atoms with E-state index in [9.17, 15) is 9.59 Å². The number of para-hydroxylation sites is 2. The molecule has 0 spiro atoms. The second-order valence-corrected chi connectivity index (χ2v) is 10.5. The highest BCUT2D eigenvalue weighted by atomic mass is 16.5. The molecule has 8 nitrogen and oxygen atoms in total. The van der Waals surface area contributed by atoms with Gasteiger partial charge in [0.2, 0.25) is 17.8 Å². The van der Waals surface area contributed by atoms with Gasteiger partial charge in [0.25, 0.3) is 0 Å². The summed E-state index contributed by atoms with van der Waals surface area (Å²) in [6.45, 7) is 0.574. The van der Waals surface area contributed by atoms with E-state index in [4.69, 9.17) is 9.72 Å². The maximum absolute atomic E-state index is 13.4. The van der Waals surface area contributed by atoms with Crippen molar-refractivity contribution in [3.8, 4) is 11.4 Å². The van der Waals surface area contributed by atoms with Crippen LogP contribution in [0.15, 0.2) is 128 Å². The van der Waals surface area contributed by atoms with Crippen LogP contribution < -0.4 is 19.9 Å². The SMILES string of the molecule is COc1ccccc1N(Cc1ccccc1)c1nccn1-c1ccc(N2C(=O)CC(=O)Nc3c2ccc2ccccc32)cc1. The topological polar surface area (TPSA) is 79.7 Å². The number of ether oxygens (including phenoxy) is 1. The molecule has 1 aromatic heterocycles. The highest BCUT2D eigenvalue weighted by Crippen LogP contribution is 2.40. The van der Waals surface area contributed by atoms with Gasteiger partial charge in [-0.3, -0.25) is 19.1 Å². The first-order valence-electron chi connectivity index (χ1n) is 14.3. The number of fused-ring (bicyclic) bond motifs is 3. The molecule has 0 atom stereocenters. The molecule has 1 aliphatic rings. The van der Waals surface area contributed by atoms with Crippen molar-refractivity contribution in [1.82, 2.24) is 9.55 Å². The van der Waals surface area contributed by atoms with E-state index in [1.807, 2.05) is 114 Å². The zero-order valence-electron chi connectivity index (χ0n) is 24.1. The van der Waals surface area contributed by atoms with Gasteiger partial charge in [-0.15, -0.1) is 0 Å². The minimum atomic E-state index is -0.329. The molecular formula is C36H29N5O3. The Morgan fingerprint density at radius 3 is 2.36 bits per heavy atom. The first-order valence-corrected chi connectivity index (χ1v) is 14.3. The van der Waals surface area contributed by atoms with Gasteiger partial charge in [-0.2, -0.15) is 0 Å². The van der Waals surface area contributed by atoms with Crippen LogP contribution in [0.4, 0.5) is 28.7 Å². The van der Waals surface area contributed by atoms with Crippen molar-refractivity contribution in [2.24, 2.45) is 0 Å². The number of carbonyl (C=O) groups excluding carboxylic acids is 2. The molecule has 2 amide bonds. The molecular weight excluding hydrogens is 550 g/mol. The number of nitrogens with zero attached hydrogens (tertiary/aromatic N) is 4. The number of imidazole rings is 1. The van der Waals surface area contributed by atoms with Crippen molar-refractivity contribution in [3.63, 3.8) is 0 Å². The van der Waals surface area contributed by atoms with E-state index in [-0.39, 0.29) is 18.2 Å². The fourth-order valence-electron chi connectivity index (χ4n) is 5.74. The van der Waals surface area contributed by atoms with Crippen molar-refractivity contribution in [3.05, 3.63) is 133 Å². The average Bonchev–Trinajstić information content (AvgIpc) is 3.50. The molecule has 0 saturated heterocycles. The Labute approximate surface area is 254 Å². The van der Waals surface area contributed by atoms with Gasteiger partial charge in [0, 0.05) is 29.2 Å². The Bertz CT molecular complexity index is 1990. The number of carbonyl (C=O) groups is 2. The van der Waals surface area contributed by atoms with E-state index in [1.165, 1.54) is 0 Å².